The summed E-state index contributed by atoms with van der Waals surface area (Å²) < 4.78 is 20.2. The molecule has 3 rings (SSSR count). The van der Waals surface area contributed by atoms with E-state index in [0.29, 0.717) is 12.4 Å². The maximum Gasteiger partial charge on any atom is 0.227 e. The van der Waals surface area contributed by atoms with Crippen LogP contribution in [0.25, 0.3) is 0 Å². The second-order valence-corrected chi connectivity index (χ2v) is 9.35. The van der Waals surface area contributed by atoms with Crippen molar-refractivity contribution in [3.05, 3.63) is 29.6 Å². The van der Waals surface area contributed by atoms with Crippen LogP contribution in [0.15, 0.2) is 18.2 Å². The van der Waals surface area contributed by atoms with Crippen molar-refractivity contribution in [1.29, 1.82) is 0 Å². The number of aliphatic hydroxyl groups excluding tert-OH is 3. The standard InChI is InChI=1S/C24H36FN3O6/c25-21-11-20(34-9-1-2-17-5-7-26-8-6-17)4-3-18(21)10-22(32)28-12-19(13-28)23(33)27-24(14-29,15-30)16-31/h3-4,11,17,19,26,29-31H,1-2,5-10,12-16H2,(H,27,33). The Kier molecular flexibility index (Phi) is 9.63. The summed E-state index contributed by atoms with van der Waals surface area (Å²) >= 11 is 0. The number of amides is 2. The topological polar surface area (TPSA) is 131 Å². The molecule has 2 aliphatic heterocycles. The minimum Gasteiger partial charge on any atom is -0.493 e. The highest BCUT2D eigenvalue weighted by Crippen LogP contribution is 2.22. The first-order valence-corrected chi connectivity index (χ1v) is 11.9. The number of hydrogen-bond acceptors (Lipinski definition) is 7. The van der Waals surface area contributed by atoms with Crippen LogP contribution in [0.4, 0.5) is 4.39 Å². The number of carbonyl (C=O) groups is 2. The highest BCUT2D eigenvalue weighted by Gasteiger charge is 2.39. The van der Waals surface area contributed by atoms with Gasteiger partial charge in [0.25, 0.3) is 0 Å². The van der Waals surface area contributed by atoms with E-state index in [2.05, 4.69) is 10.6 Å². The predicted octanol–water partition coefficient (Wildman–Crippen LogP) is -0.183. The number of hydrogen-bond donors (Lipinski definition) is 5. The highest BCUT2D eigenvalue weighted by molar-refractivity contribution is 5.85. The molecule has 0 aromatic heterocycles. The number of likely N-dealkylation sites (tertiary alicyclic amines) is 1. The molecule has 0 spiro atoms. The summed E-state index contributed by atoms with van der Waals surface area (Å²) in [5, 5.41) is 33.7. The van der Waals surface area contributed by atoms with Crippen LogP contribution < -0.4 is 15.4 Å². The van der Waals surface area contributed by atoms with E-state index in [1.807, 2.05) is 0 Å². The summed E-state index contributed by atoms with van der Waals surface area (Å²) in [4.78, 5) is 26.2. The van der Waals surface area contributed by atoms with Gasteiger partial charge in [-0.15, -0.1) is 0 Å². The maximum atomic E-state index is 14.5. The number of halogens is 1. The number of carbonyl (C=O) groups excluding carboxylic acids is 2. The lowest BCUT2D eigenvalue weighted by atomic mass is 9.93. The predicted molar refractivity (Wildman–Crippen MR) is 123 cm³/mol. The molecule has 1 aromatic carbocycles. The molecule has 2 saturated heterocycles. The molecule has 2 fully saturated rings. The summed E-state index contributed by atoms with van der Waals surface area (Å²) in [6.07, 6.45) is 4.28. The Morgan fingerprint density at radius 3 is 2.44 bits per heavy atom. The molecule has 34 heavy (non-hydrogen) atoms. The van der Waals surface area contributed by atoms with E-state index in [0.717, 1.165) is 31.8 Å². The van der Waals surface area contributed by atoms with Crippen LogP contribution in [0.2, 0.25) is 0 Å². The molecule has 2 aliphatic rings. The summed E-state index contributed by atoms with van der Waals surface area (Å²) in [6, 6.07) is 4.52. The third-order valence-corrected chi connectivity index (χ3v) is 6.75. The van der Waals surface area contributed by atoms with Crippen molar-refractivity contribution in [2.24, 2.45) is 11.8 Å². The van der Waals surface area contributed by atoms with Crippen LogP contribution in [0, 0.1) is 17.7 Å². The third-order valence-electron chi connectivity index (χ3n) is 6.75. The Balaban J connectivity index is 1.40. The Bertz CT molecular complexity index is 815. The number of rotatable bonds is 12. The molecule has 0 saturated carbocycles. The first-order chi connectivity index (χ1) is 16.4. The van der Waals surface area contributed by atoms with Gasteiger partial charge in [0.05, 0.1) is 38.8 Å². The molecule has 0 unspecified atom stereocenters. The number of ether oxygens (including phenoxy) is 1. The van der Waals surface area contributed by atoms with Crippen LogP contribution in [0.3, 0.4) is 0 Å². The molecule has 2 heterocycles. The van der Waals surface area contributed by atoms with Gasteiger partial charge in [0.15, 0.2) is 0 Å². The van der Waals surface area contributed by atoms with Crippen LogP contribution in [-0.4, -0.2) is 90.2 Å². The Morgan fingerprint density at radius 2 is 1.82 bits per heavy atom. The second kappa shape index (κ2) is 12.4. The molecular weight excluding hydrogens is 445 g/mol. The largest absolute Gasteiger partial charge is 0.493 e. The quantitative estimate of drug-likeness (QED) is 0.262. The van der Waals surface area contributed by atoms with Crippen molar-refractivity contribution in [2.75, 3.05) is 52.6 Å². The van der Waals surface area contributed by atoms with Gasteiger partial charge >= 0.3 is 0 Å². The van der Waals surface area contributed by atoms with Crippen molar-refractivity contribution in [3.63, 3.8) is 0 Å². The van der Waals surface area contributed by atoms with E-state index in [1.54, 1.807) is 12.1 Å². The smallest absolute Gasteiger partial charge is 0.227 e. The summed E-state index contributed by atoms with van der Waals surface area (Å²) in [5.74, 6) is -0.606. The Morgan fingerprint density at radius 1 is 1.15 bits per heavy atom. The molecule has 9 nitrogen and oxygen atoms in total. The van der Waals surface area contributed by atoms with Gasteiger partial charge in [-0.1, -0.05) is 6.07 Å². The van der Waals surface area contributed by atoms with Gasteiger partial charge in [0, 0.05) is 19.2 Å². The van der Waals surface area contributed by atoms with Crippen molar-refractivity contribution in [3.8, 4) is 5.75 Å². The third kappa shape index (κ3) is 6.88. The zero-order valence-electron chi connectivity index (χ0n) is 19.5. The molecule has 5 N–H and O–H groups in total. The van der Waals surface area contributed by atoms with Gasteiger partial charge in [-0.05, 0) is 56.3 Å². The molecule has 10 heteroatoms. The van der Waals surface area contributed by atoms with Crippen LogP contribution >= 0.6 is 0 Å². The molecule has 0 bridgehead atoms. The second-order valence-electron chi connectivity index (χ2n) is 9.35. The molecule has 0 aliphatic carbocycles. The van der Waals surface area contributed by atoms with Gasteiger partial charge in [0.1, 0.15) is 17.1 Å². The lowest BCUT2D eigenvalue weighted by Gasteiger charge is -2.40. The van der Waals surface area contributed by atoms with Crippen LogP contribution in [-0.2, 0) is 16.0 Å². The van der Waals surface area contributed by atoms with Gasteiger partial charge in [0.2, 0.25) is 11.8 Å². The normalized spacial score (nSPS) is 17.4. The first-order valence-electron chi connectivity index (χ1n) is 11.9. The lowest BCUT2D eigenvalue weighted by molar-refractivity contribution is -0.144. The molecule has 190 valence electrons. The monoisotopic (exact) mass is 481 g/mol. The molecule has 1 aromatic rings. The zero-order chi connectivity index (χ0) is 24.6. The molecule has 2 amide bonds. The number of aliphatic hydroxyl groups is 3. The van der Waals surface area contributed by atoms with Crippen molar-refractivity contribution < 1.29 is 34.0 Å². The summed E-state index contributed by atoms with van der Waals surface area (Å²) in [7, 11) is 0. The highest BCUT2D eigenvalue weighted by atomic mass is 19.1. The van der Waals surface area contributed by atoms with E-state index in [-0.39, 0.29) is 31.0 Å². The first kappa shape index (κ1) is 26.3. The number of nitrogens with one attached hydrogen (secondary N) is 2. The fourth-order valence-electron chi connectivity index (χ4n) is 4.25. The van der Waals surface area contributed by atoms with Crippen molar-refractivity contribution in [1.82, 2.24) is 15.5 Å². The average Bonchev–Trinajstić information content (AvgIpc) is 2.82. The summed E-state index contributed by atoms with van der Waals surface area (Å²) in [5.41, 5.74) is -1.23. The van der Waals surface area contributed by atoms with Gasteiger partial charge in [-0.25, -0.2) is 4.39 Å². The molecule has 0 radical (unpaired) electrons. The van der Waals surface area contributed by atoms with Crippen LogP contribution in [0.1, 0.15) is 31.2 Å². The zero-order valence-corrected chi connectivity index (χ0v) is 19.5. The van der Waals surface area contributed by atoms with Crippen molar-refractivity contribution in [2.45, 2.75) is 37.6 Å². The molecule has 0 atom stereocenters. The fraction of sp³-hybridized carbons (Fsp3) is 0.667. The lowest BCUT2D eigenvalue weighted by Crippen LogP contribution is -2.63. The number of piperidine rings is 1. The Hall–Kier alpha value is -2.27. The van der Waals surface area contributed by atoms with E-state index in [4.69, 9.17) is 4.74 Å². The van der Waals surface area contributed by atoms with Gasteiger partial charge in [-0.3, -0.25) is 9.59 Å². The minimum absolute atomic E-state index is 0.121. The van der Waals surface area contributed by atoms with E-state index in [9.17, 15) is 29.3 Å². The SMILES string of the molecule is O=C(NC(CO)(CO)CO)C1CN(C(=O)Cc2ccc(OCCCC3CCNCC3)cc2F)C1. The van der Waals surface area contributed by atoms with Gasteiger partial charge < -0.3 is 35.6 Å². The van der Waals surface area contributed by atoms with E-state index in [1.165, 1.54) is 23.8 Å². The Labute approximate surface area is 199 Å². The average molecular weight is 482 g/mol. The fourth-order valence-corrected chi connectivity index (χ4v) is 4.25. The van der Waals surface area contributed by atoms with Crippen molar-refractivity contribution >= 4 is 11.8 Å². The summed E-state index contributed by atoms with van der Waals surface area (Å²) in [6.45, 7) is 1.14. The molecular formula is C24H36FN3O6. The van der Waals surface area contributed by atoms with E-state index < -0.39 is 43.0 Å². The van der Waals surface area contributed by atoms with E-state index >= 15 is 0 Å². The number of nitrogens with zero attached hydrogens (tertiary/aromatic N) is 1. The van der Waals surface area contributed by atoms with Gasteiger partial charge in [-0.2, -0.15) is 0 Å². The number of benzene rings is 1. The van der Waals surface area contributed by atoms with Crippen LogP contribution in [0.5, 0.6) is 5.75 Å². The maximum absolute atomic E-state index is 14.5. The minimum atomic E-state index is -1.50.